The van der Waals surface area contributed by atoms with E-state index in [4.69, 9.17) is 0 Å². The molecule has 0 spiro atoms. The molecule has 4 rings (SSSR count). The molecule has 1 saturated heterocycles. The summed E-state index contributed by atoms with van der Waals surface area (Å²) >= 11 is 0. The Kier molecular flexibility index (Phi) is 3.79. The molecule has 1 fully saturated rings. The van der Waals surface area contributed by atoms with E-state index in [1.807, 2.05) is 16.7 Å². The lowest BCUT2D eigenvalue weighted by atomic mass is 9.82. The summed E-state index contributed by atoms with van der Waals surface area (Å²) in [6, 6.07) is 14.2. The Balaban J connectivity index is 1.60. The van der Waals surface area contributed by atoms with Gasteiger partial charge < -0.3 is 9.67 Å². The Labute approximate surface area is 136 Å². The minimum Gasteiger partial charge on any atom is -0.392 e. The summed E-state index contributed by atoms with van der Waals surface area (Å²) in [4.78, 5) is 14.8. The van der Waals surface area contributed by atoms with Gasteiger partial charge in [-0.1, -0.05) is 30.3 Å². The molecule has 2 bridgehead atoms. The van der Waals surface area contributed by atoms with Crippen LogP contribution < -0.4 is 5.56 Å². The maximum atomic E-state index is 12.3. The number of aromatic nitrogens is 1. The number of hydrogen-bond donors (Lipinski definition) is 1. The van der Waals surface area contributed by atoms with Crippen LogP contribution in [0.4, 0.5) is 0 Å². The minimum absolute atomic E-state index is 0.0396. The van der Waals surface area contributed by atoms with Crippen molar-refractivity contribution in [1.29, 1.82) is 0 Å². The van der Waals surface area contributed by atoms with Crippen molar-refractivity contribution in [3.05, 3.63) is 69.6 Å². The quantitative estimate of drug-likeness (QED) is 0.942. The topological polar surface area (TPSA) is 45.5 Å². The van der Waals surface area contributed by atoms with Crippen molar-refractivity contribution in [2.24, 2.45) is 5.92 Å². The fourth-order valence-electron chi connectivity index (χ4n) is 4.18. The second-order valence-electron chi connectivity index (χ2n) is 6.87. The van der Waals surface area contributed by atoms with Crippen molar-refractivity contribution in [3.8, 4) is 0 Å². The van der Waals surface area contributed by atoms with E-state index in [1.165, 1.54) is 5.56 Å². The summed E-state index contributed by atoms with van der Waals surface area (Å²) in [6.07, 6.45) is 1.15. The molecule has 0 radical (unpaired) electrons. The molecular formula is C19H22N2O2. The molecule has 120 valence electrons. The molecule has 0 aliphatic carbocycles. The van der Waals surface area contributed by atoms with Crippen molar-refractivity contribution in [3.63, 3.8) is 0 Å². The molecule has 0 unspecified atom stereocenters. The van der Waals surface area contributed by atoms with E-state index in [0.717, 1.165) is 43.9 Å². The van der Waals surface area contributed by atoms with E-state index in [1.54, 1.807) is 6.07 Å². The molecule has 4 heteroatoms. The van der Waals surface area contributed by atoms with Crippen molar-refractivity contribution < 1.29 is 5.11 Å². The minimum atomic E-state index is -0.0625. The first kappa shape index (κ1) is 14.7. The molecule has 2 aliphatic heterocycles. The van der Waals surface area contributed by atoms with Crippen LogP contribution in [-0.2, 0) is 19.7 Å². The maximum Gasteiger partial charge on any atom is 0.251 e. The van der Waals surface area contributed by atoms with Crippen LogP contribution in [0.5, 0.6) is 0 Å². The van der Waals surface area contributed by atoms with Gasteiger partial charge in [0.2, 0.25) is 0 Å². The van der Waals surface area contributed by atoms with E-state index in [2.05, 4.69) is 29.2 Å². The number of piperidine rings is 1. The van der Waals surface area contributed by atoms with Gasteiger partial charge in [-0.15, -0.1) is 0 Å². The fourth-order valence-corrected chi connectivity index (χ4v) is 4.18. The first-order valence-corrected chi connectivity index (χ1v) is 8.33. The van der Waals surface area contributed by atoms with E-state index in [9.17, 15) is 9.90 Å². The largest absolute Gasteiger partial charge is 0.392 e. The van der Waals surface area contributed by atoms with Crippen LogP contribution in [0.15, 0.2) is 47.3 Å². The second-order valence-corrected chi connectivity index (χ2v) is 6.87. The molecule has 2 aromatic rings. The summed E-state index contributed by atoms with van der Waals surface area (Å²) in [5, 5.41) is 9.38. The van der Waals surface area contributed by atoms with Crippen molar-refractivity contribution >= 4 is 0 Å². The average Bonchev–Trinajstić information content (AvgIpc) is 2.56. The molecular weight excluding hydrogens is 288 g/mol. The fraction of sp³-hybridized carbons (Fsp3) is 0.421. The number of benzene rings is 1. The molecule has 1 aromatic carbocycles. The summed E-state index contributed by atoms with van der Waals surface area (Å²) < 4.78 is 1.93. The van der Waals surface area contributed by atoms with Gasteiger partial charge in [0.05, 0.1) is 6.61 Å². The number of likely N-dealkylation sites (tertiary alicyclic amines) is 1. The third-order valence-electron chi connectivity index (χ3n) is 5.12. The van der Waals surface area contributed by atoms with Crippen LogP contribution in [0.2, 0.25) is 0 Å². The van der Waals surface area contributed by atoms with Crippen molar-refractivity contribution in [1.82, 2.24) is 9.47 Å². The predicted octanol–water partition coefficient (Wildman–Crippen LogP) is 1.96. The van der Waals surface area contributed by atoms with Crippen LogP contribution in [0.1, 0.15) is 29.2 Å². The molecule has 1 N–H and O–H groups in total. The highest BCUT2D eigenvalue weighted by Crippen LogP contribution is 2.35. The van der Waals surface area contributed by atoms with Crippen molar-refractivity contribution in [2.75, 3.05) is 13.1 Å². The zero-order chi connectivity index (χ0) is 15.8. The Morgan fingerprint density at radius 3 is 2.65 bits per heavy atom. The van der Waals surface area contributed by atoms with Gasteiger partial charge in [0.15, 0.2) is 0 Å². The number of nitrogens with zero attached hydrogens (tertiary/aromatic N) is 2. The molecule has 0 saturated carbocycles. The summed E-state index contributed by atoms with van der Waals surface area (Å²) in [5.41, 5.74) is 3.22. The summed E-state index contributed by atoms with van der Waals surface area (Å²) in [6.45, 7) is 3.76. The number of aliphatic hydroxyl groups is 1. The summed E-state index contributed by atoms with van der Waals surface area (Å²) in [5.74, 6) is 0.938. The Morgan fingerprint density at radius 2 is 1.87 bits per heavy atom. The van der Waals surface area contributed by atoms with Crippen LogP contribution in [0.3, 0.4) is 0 Å². The Bertz CT molecular complexity index is 754. The number of aliphatic hydroxyl groups excluding tert-OH is 1. The Hall–Kier alpha value is -1.91. The average molecular weight is 310 g/mol. The van der Waals surface area contributed by atoms with Gasteiger partial charge >= 0.3 is 0 Å². The smallest absolute Gasteiger partial charge is 0.251 e. The van der Waals surface area contributed by atoms with Gasteiger partial charge in [-0.2, -0.15) is 0 Å². The first-order valence-electron chi connectivity index (χ1n) is 8.33. The van der Waals surface area contributed by atoms with Crippen LogP contribution in [0, 0.1) is 5.92 Å². The normalized spacial score (nSPS) is 23.5. The van der Waals surface area contributed by atoms with Gasteiger partial charge in [-0.3, -0.25) is 9.69 Å². The highest BCUT2D eigenvalue weighted by Gasteiger charge is 2.34. The van der Waals surface area contributed by atoms with Crippen LogP contribution in [-0.4, -0.2) is 27.7 Å². The first-order chi connectivity index (χ1) is 11.2. The molecule has 0 amide bonds. The lowest BCUT2D eigenvalue weighted by Gasteiger charge is -2.43. The molecule has 2 atom stereocenters. The highest BCUT2D eigenvalue weighted by atomic mass is 16.3. The van der Waals surface area contributed by atoms with Crippen LogP contribution >= 0.6 is 0 Å². The predicted molar refractivity (Wildman–Crippen MR) is 89.2 cm³/mol. The van der Waals surface area contributed by atoms with Crippen LogP contribution in [0.25, 0.3) is 0 Å². The van der Waals surface area contributed by atoms with Crippen molar-refractivity contribution in [2.45, 2.75) is 32.0 Å². The third kappa shape index (κ3) is 2.84. The second kappa shape index (κ2) is 5.95. The Morgan fingerprint density at radius 1 is 1.04 bits per heavy atom. The highest BCUT2D eigenvalue weighted by molar-refractivity contribution is 5.24. The third-order valence-corrected chi connectivity index (χ3v) is 5.12. The monoisotopic (exact) mass is 310 g/mol. The SMILES string of the molecule is O=c1cc(CO)cc2n1C[C@@H]1C[C@H]2CN(Cc2ccccc2)C1. The van der Waals surface area contributed by atoms with Gasteiger partial charge in [0.1, 0.15) is 0 Å². The lowest BCUT2D eigenvalue weighted by Crippen LogP contribution is -2.46. The van der Waals surface area contributed by atoms with E-state index >= 15 is 0 Å². The van der Waals surface area contributed by atoms with Gasteiger partial charge in [-0.05, 0) is 29.5 Å². The van der Waals surface area contributed by atoms with E-state index in [-0.39, 0.29) is 12.2 Å². The molecule has 4 nitrogen and oxygen atoms in total. The van der Waals surface area contributed by atoms with E-state index < -0.39 is 0 Å². The number of fused-ring (bicyclic) bond motifs is 4. The lowest BCUT2D eigenvalue weighted by molar-refractivity contribution is 0.114. The maximum absolute atomic E-state index is 12.3. The van der Waals surface area contributed by atoms with E-state index in [0.29, 0.717) is 11.8 Å². The number of pyridine rings is 1. The van der Waals surface area contributed by atoms with Gasteiger partial charge in [-0.25, -0.2) is 0 Å². The van der Waals surface area contributed by atoms with Gasteiger partial charge in [0.25, 0.3) is 5.56 Å². The molecule has 1 aromatic heterocycles. The molecule has 23 heavy (non-hydrogen) atoms. The zero-order valence-corrected chi connectivity index (χ0v) is 13.2. The standard InChI is InChI=1S/C19H22N2O2/c22-13-15-7-18-17-6-16(11-21(18)19(23)8-15)10-20(12-17)9-14-4-2-1-3-5-14/h1-5,7-8,16-17,22H,6,9-13H2/t16-,17+/m1/s1. The zero-order valence-electron chi connectivity index (χ0n) is 13.2. The van der Waals surface area contributed by atoms with Gasteiger partial charge in [0, 0.05) is 43.9 Å². The number of rotatable bonds is 3. The summed E-state index contributed by atoms with van der Waals surface area (Å²) in [7, 11) is 0. The molecule has 2 aliphatic rings. The molecule has 3 heterocycles. The number of hydrogen-bond acceptors (Lipinski definition) is 3.